The first-order chi connectivity index (χ1) is 6.69. The molecule has 1 heterocycles. The Balaban J connectivity index is 0.000000791. The number of aryl methyl sites for hydroxylation is 1. The summed E-state index contributed by atoms with van der Waals surface area (Å²) in [5, 5.41) is 11.1. The highest BCUT2D eigenvalue weighted by molar-refractivity contribution is 5.71. The summed E-state index contributed by atoms with van der Waals surface area (Å²) < 4.78 is 1.89. The number of carbonyl (C=O) groups excluding carboxylic acids is 1. The largest absolute Gasteiger partial charge is 0.400 e. The number of rotatable bonds is 3. The number of nitrogens with zero attached hydrogens (tertiary/aromatic N) is 2. The first-order valence-electron chi connectivity index (χ1n) is 4.67. The Morgan fingerprint density at radius 1 is 1.57 bits per heavy atom. The van der Waals surface area contributed by atoms with Gasteiger partial charge in [0.2, 0.25) is 0 Å². The van der Waals surface area contributed by atoms with E-state index in [1.165, 1.54) is 0 Å². The maximum Gasteiger partial charge on any atom is 0.170 e. The molecule has 4 nitrogen and oxygen atoms in total. The van der Waals surface area contributed by atoms with Gasteiger partial charge in [-0.1, -0.05) is 6.92 Å². The minimum atomic E-state index is 0.327. The Labute approximate surface area is 84.6 Å². The van der Waals surface area contributed by atoms with Crippen LogP contribution in [0.2, 0.25) is 0 Å². The van der Waals surface area contributed by atoms with Crippen molar-refractivity contribution in [2.24, 2.45) is 0 Å². The molecule has 0 saturated heterocycles. The zero-order valence-corrected chi connectivity index (χ0v) is 9.19. The molecule has 80 valence electrons. The molecule has 1 aromatic heterocycles. The molecule has 0 aromatic carbocycles. The lowest BCUT2D eigenvalue weighted by molar-refractivity contribution is 0.111. The van der Waals surface area contributed by atoms with Gasteiger partial charge >= 0.3 is 0 Å². The van der Waals surface area contributed by atoms with Crippen molar-refractivity contribution in [1.29, 1.82) is 0 Å². The fourth-order valence-electron chi connectivity index (χ4n) is 1.22. The molecule has 0 aliphatic rings. The molecule has 14 heavy (non-hydrogen) atoms. The van der Waals surface area contributed by atoms with Crippen LogP contribution in [0.25, 0.3) is 0 Å². The number of aromatic nitrogens is 2. The molecule has 0 aliphatic heterocycles. The highest BCUT2D eigenvalue weighted by Crippen LogP contribution is 2.10. The molecule has 1 aromatic rings. The Kier molecular flexibility index (Phi) is 5.79. The molecule has 0 saturated carbocycles. The summed E-state index contributed by atoms with van der Waals surface area (Å²) in [7, 11) is 1.00. The molecule has 0 radical (unpaired) electrons. The maximum atomic E-state index is 10.4. The van der Waals surface area contributed by atoms with E-state index in [4.69, 9.17) is 5.11 Å². The smallest absolute Gasteiger partial charge is 0.170 e. The topological polar surface area (TPSA) is 55.1 Å². The molecule has 0 amide bonds. The third-order valence-corrected chi connectivity index (χ3v) is 1.80. The van der Waals surface area contributed by atoms with Crippen LogP contribution < -0.4 is 0 Å². The van der Waals surface area contributed by atoms with Crippen LogP contribution in [-0.2, 0) is 6.42 Å². The van der Waals surface area contributed by atoms with Gasteiger partial charge in [-0.3, -0.25) is 9.48 Å². The van der Waals surface area contributed by atoms with E-state index in [-0.39, 0.29) is 0 Å². The van der Waals surface area contributed by atoms with Crippen LogP contribution in [0, 0.1) is 0 Å². The lowest BCUT2D eigenvalue weighted by atomic mass is 10.3. The number of hydrogen-bond acceptors (Lipinski definition) is 3. The third-order valence-electron chi connectivity index (χ3n) is 1.80. The second kappa shape index (κ2) is 6.32. The van der Waals surface area contributed by atoms with Crippen molar-refractivity contribution < 1.29 is 9.90 Å². The average Bonchev–Trinajstić information content (AvgIpc) is 2.64. The highest BCUT2D eigenvalue weighted by atomic mass is 16.2. The number of hydrogen-bond donors (Lipinski definition) is 1. The summed E-state index contributed by atoms with van der Waals surface area (Å²) in [4.78, 5) is 10.4. The standard InChI is InChI=1S/C9H14N2O.CH4O/c1-4-9-5-8(6-12)10-11(9)7(2)3;1-2/h5-7H,4H2,1-3H3;2H,1H3. The van der Waals surface area contributed by atoms with E-state index in [9.17, 15) is 4.79 Å². The maximum absolute atomic E-state index is 10.4. The minimum Gasteiger partial charge on any atom is -0.400 e. The quantitative estimate of drug-likeness (QED) is 0.748. The van der Waals surface area contributed by atoms with Gasteiger partial charge < -0.3 is 5.11 Å². The number of aliphatic hydroxyl groups is 1. The molecular formula is C10H18N2O2. The van der Waals surface area contributed by atoms with E-state index >= 15 is 0 Å². The van der Waals surface area contributed by atoms with Crippen molar-refractivity contribution in [2.75, 3.05) is 7.11 Å². The van der Waals surface area contributed by atoms with Crippen LogP contribution in [0.4, 0.5) is 0 Å². The lowest BCUT2D eigenvalue weighted by Gasteiger charge is -2.08. The second-order valence-corrected chi connectivity index (χ2v) is 3.07. The zero-order chi connectivity index (χ0) is 11.1. The average molecular weight is 198 g/mol. The highest BCUT2D eigenvalue weighted by Gasteiger charge is 2.07. The molecule has 0 fully saturated rings. The first-order valence-corrected chi connectivity index (χ1v) is 4.67. The fraction of sp³-hybridized carbons (Fsp3) is 0.600. The van der Waals surface area contributed by atoms with Gasteiger partial charge in [0.05, 0.1) is 0 Å². The van der Waals surface area contributed by atoms with Crippen LogP contribution in [0.5, 0.6) is 0 Å². The first kappa shape index (κ1) is 12.8. The Hall–Kier alpha value is -1.16. The predicted molar refractivity (Wildman–Crippen MR) is 55.5 cm³/mol. The van der Waals surface area contributed by atoms with E-state index in [0.29, 0.717) is 11.7 Å². The summed E-state index contributed by atoms with van der Waals surface area (Å²) in [5.41, 5.74) is 1.65. The Morgan fingerprint density at radius 3 is 2.43 bits per heavy atom. The fourth-order valence-corrected chi connectivity index (χ4v) is 1.22. The van der Waals surface area contributed by atoms with Crippen molar-refractivity contribution >= 4 is 6.29 Å². The molecule has 0 bridgehead atoms. The van der Waals surface area contributed by atoms with Crippen LogP contribution in [0.15, 0.2) is 6.07 Å². The predicted octanol–water partition coefficient (Wildman–Crippen LogP) is 1.45. The van der Waals surface area contributed by atoms with Gasteiger partial charge in [0.1, 0.15) is 5.69 Å². The molecular weight excluding hydrogens is 180 g/mol. The molecule has 1 N–H and O–H groups in total. The van der Waals surface area contributed by atoms with Crippen molar-refractivity contribution in [3.63, 3.8) is 0 Å². The molecule has 0 aliphatic carbocycles. The summed E-state index contributed by atoms with van der Waals surface area (Å²) in [6.45, 7) is 6.17. The summed E-state index contributed by atoms with van der Waals surface area (Å²) in [5.74, 6) is 0. The normalized spacial score (nSPS) is 9.57. The SMILES string of the molecule is CCc1cc(C=O)nn1C(C)C.CO. The molecule has 0 atom stereocenters. The monoisotopic (exact) mass is 198 g/mol. The summed E-state index contributed by atoms with van der Waals surface area (Å²) in [6.07, 6.45) is 1.71. The second-order valence-electron chi connectivity index (χ2n) is 3.07. The Morgan fingerprint density at radius 2 is 2.14 bits per heavy atom. The molecule has 0 unspecified atom stereocenters. The number of aliphatic hydroxyl groups excluding tert-OH is 1. The van der Waals surface area contributed by atoms with Crippen molar-refractivity contribution in [1.82, 2.24) is 9.78 Å². The molecule has 0 spiro atoms. The van der Waals surface area contributed by atoms with Gasteiger partial charge in [-0.2, -0.15) is 5.10 Å². The van der Waals surface area contributed by atoms with E-state index in [2.05, 4.69) is 25.9 Å². The van der Waals surface area contributed by atoms with Crippen LogP contribution >= 0.6 is 0 Å². The van der Waals surface area contributed by atoms with Gasteiger partial charge in [0.15, 0.2) is 6.29 Å². The minimum absolute atomic E-state index is 0.327. The van der Waals surface area contributed by atoms with Crippen molar-refractivity contribution in [3.05, 3.63) is 17.5 Å². The van der Waals surface area contributed by atoms with Gasteiger partial charge in [-0.25, -0.2) is 0 Å². The lowest BCUT2D eigenvalue weighted by Crippen LogP contribution is -2.06. The Bertz CT molecular complexity index is 280. The number of carbonyl (C=O) groups is 1. The molecule has 4 heteroatoms. The van der Waals surface area contributed by atoms with Gasteiger partial charge in [-0.15, -0.1) is 0 Å². The van der Waals surface area contributed by atoms with Crippen molar-refractivity contribution in [3.8, 4) is 0 Å². The third kappa shape index (κ3) is 2.96. The van der Waals surface area contributed by atoms with E-state index in [1.54, 1.807) is 0 Å². The van der Waals surface area contributed by atoms with Crippen LogP contribution in [0.1, 0.15) is 43.0 Å². The zero-order valence-electron chi connectivity index (χ0n) is 9.19. The van der Waals surface area contributed by atoms with E-state index < -0.39 is 0 Å². The number of aldehydes is 1. The van der Waals surface area contributed by atoms with Crippen molar-refractivity contribution in [2.45, 2.75) is 33.2 Å². The molecule has 1 rings (SSSR count). The summed E-state index contributed by atoms with van der Waals surface area (Å²) >= 11 is 0. The summed E-state index contributed by atoms with van der Waals surface area (Å²) in [6, 6.07) is 2.17. The van der Waals surface area contributed by atoms with Crippen LogP contribution in [0.3, 0.4) is 0 Å². The van der Waals surface area contributed by atoms with E-state index in [0.717, 1.165) is 25.5 Å². The van der Waals surface area contributed by atoms with Gasteiger partial charge in [0.25, 0.3) is 0 Å². The van der Waals surface area contributed by atoms with Gasteiger partial charge in [0, 0.05) is 18.8 Å². The van der Waals surface area contributed by atoms with E-state index in [1.807, 2.05) is 10.7 Å². The van der Waals surface area contributed by atoms with Crippen LogP contribution in [-0.4, -0.2) is 28.3 Å². The van der Waals surface area contributed by atoms with Gasteiger partial charge in [-0.05, 0) is 26.3 Å².